The van der Waals surface area contributed by atoms with E-state index < -0.39 is 0 Å². The van der Waals surface area contributed by atoms with Gasteiger partial charge < -0.3 is 4.57 Å². The average Bonchev–Trinajstić information content (AvgIpc) is 3.21. The van der Waals surface area contributed by atoms with Crippen molar-refractivity contribution >= 4 is 34.3 Å². The lowest BCUT2D eigenvalue weighted by molar-refractivity contribution is 0.714. The molecule has 0 spiro atoms. The molecule has 4 nitrogen and oxygen atoms in total. The zero-order valence-corrected chi connectivity index (χ0v) is 21.2. The SMILES string of the molecule is C=C=C=C=C=C.C=C=C=C=C=C=C=C=C.Cn1nc2c3ccccc3n(Cc3ccccc3)c2nc1=S. The van der Waals surface area contributed by atoms with Crippen molar-refractivity contribution < 1.29 is 0 Å². The van der Waals surface area contributed by atoms with E-state index in [0.717, 1.165) is 28.6 Å². The van der Waals surface area contributed by atoms with Crippen LogP contribution >= 0.6 is 12.2 Å². The molecule has 0 N–H and O–H groups in total. The summed E-state index contributed by atoms with van der Waals surface area (Å²) in [7, 11) is 1.83. The molecule has 0 amide bonds. The summed E-state index contributed by atoms with van der Waals surface area (Å²) in [6, 6.07) is 18.6. The fraction of sp³-hybridized carbons (Fsp3) is 0.0625. The molecule has 2 aromatic heterocycles. The summed E-state index contributed by atoms with van der Waals surface area (Å²) in [5, 5.41) is 5.70. The van der Waals surface area contributed by atoms with Crippen molar-refractivity contribution in [3.63, 3.8) is 0 Å². The Balaban J connectivity index is 0.000000268. The summed E-state index contributed by atoms with van der Waals surface area (Å²) in [6.45, 7) is 13.7. The molecule has 0 atom stereocenters. The third-order valence-corrected chi connectivity index (χ3v) is 4.85. The Morgan fingerprint density at radius 2 is 1.24 bits per heavy atom. The average molecular weight is 495 g/mol. The number of benzene rings is 2. The second-order valence-corrected chi connectivity index (χ2v) is 7.23. The van der Waals surface area contributed by atoms with E-state index in [1.807, 2.05) is 37.4 Å². The summed E-state index contributed by atoms with van der Waals surface area (Å²) in [5.74, 6) is 0. The van der Waals surface area contributed by atoms with Gasteiger partial charge in [-0.2, -0.15) is 10.1 Å². The Bertz CT molecular complexity index is 1840. The zero-order valence-electron chi connectivity index (χ0n) is 20.4. The van der Waals surface area contributed by atoms with Gasteiger partial charge in [-0.05, 0) is 90.3 Å². The van der Waals surface area contributed by atoms with Crippen molar-refractivity contribution in [2.75, 3.05) is 0 Å². The van der Waals surface area contributed by atoms with Gasteiger partial charge >= 0.3 is 0 Å². The quantitative estimate of drug-likeness (QED) is 0.222. The molecule has 0 aliphatic rings. The smallest absolute Gasteiger partial charge is 0.217 e. The number of fused-ring (bicyclic) bond motifs is 3. The van der Waals surface area contributed by atoms with Crippen LogP contribution in [0.15, 0.2) is 144 Å². The standard InChI is InChI=1S/C17H14N4S.C9H4.C6H4/c1-20-17(22)18-16-15(19-20)13-9-5-6-10-14(13)21(16)11-12-7-3-2-4-8-12;1-3-5-7-9-8-6-4-2;1-3-5-6-4-2/h2-10H,11H2,1H3;1-2H2;1-2H2. The molecule has 2 aromatic carbocycles. The second kappa shape index (κ2) is 15.4. The third kappa shape index (κ3) is 8.36. The fourth-order valence-corrected chi connectivity index (χ4v) is 3.16. The highest BCUT2D eigenvalue weighted by Gasteiger charge is 2.13. The lowest BCUT2D eigenvalue weighted by Crippen LogP contribution is -2.05. The monoisotopic (exact) mass is 494 g/mol. The molecule has 4 aromatic rings. The van der Waals surface area contributed by atoms with Gasteiger partial charge in [-0.1, -0.05) is 71.5 Å². The van der Waals surface area contributed by atoms with Crippen LogP contribution in [-0.2, 0) is 13.6 Å². The molecule has 0 radical (unpaired) electrons. The van der Waals surface area contributed by atoms with E-state index in [4.69, 9.17) is 12.2 Å². The van der Waals surface area contributed by atoms with E-state index in [1.54, 1.807) is 4.68 Å². The number of para-hydroxylation sites is 1. The Kier molecular flexibility index (Phi) is 11.6. The maximum Gasteiger partial charge on any atom is 0.217 e. The topological polar surface area (TPSA) is 35.6 Å². The maximum atomic E-state index is 5.29. The predicted molar refractivity (Wildman–Crippen MR) is 152 cm³/mol. The highest BCUT2D eigenvalue weighted by atomic mass is 32.1. The first-order valence-electron chi connectivity index (χ1n) is 10.8. The number of hydrogen-bond donors (Lipinski definition) is 0. The highest BCUT2D eigenvalue weighted by Crippen LogP contribution is 2.26. The second-order valence-electron chi connectivity index (χ2n) is 6.86. The molecule has 0 saturated heterocycles. The highest BCUT2D eigenvalue weighted by molar-refractivity contribution is 7.71. The first kappa shape index (κ1) is 27.8. The molecule has 0 saturated carbocycles. The van der Waals surface area contributed by atoms with Crippen molar-refractivity contribution in [3.8, 4) is 0 Å². The molecular weight excluding hydrogens is 472 g/mol. The lowest BCUT2D eigenvalue weighted by atomic mass is 10.2. The van der Waals surface area contributed by atoms with E-state index in [9.17, 15) is 0 Å². The van der Waals surface area contributed by atoms with Crippen LogP contribution in [0.25, 0.3) is 22.1 Å². The van der Waals surface area contributed by atoms with E-state index in [1.165, 1.54) is 5.56 Å². The Morgan fingerprint density at radius 1 is 0.730 bits per heavy atom. The van der Waals surface area contributed by atoms with Gasteiger partial charge in [-0.15, -0.1) is 0 Å². The number of rotatable bonds is 2. The molecule has 0 unspecified atom stereocenters. The summed E-state index contributed by atoms with van der Waals surface area (Å²) >= 11 is 5.29. The summed E-state index contributed by atoms with van der Waals surface area (Å²) < 4.78 is 4.32. The first-order chi connectivity index (χ1) is 18.1. The van der Waals surface area contributed by atoms with E-state index in [-0.39, 0.29) is 0 Å². The molecule has 0 bridgehead atoms. The summed E-state index contributed by atoms with van der Waals surface area (Å²) in [4.78, 5) is 4.59. The van der Waals surface area contributed by atoms with Crippen LogP contribution in [0.1, 0.15) is 5.56 Å². The van der Waals surface area contributed by atoms with Crippen LogP contribution in [0.2, 0.25) is 0 Å². The van der Waals surface area contributed by atoms with Crippen LogP contribution in [0.4, 0.5) is 0 Å². The lowest BCUT2D eigenvalue weighted by Gasteiger charge is -2.07. The summed E-state index contributed by atoms with van der Waals surface area (Å²) in [6.07, 6.45) is 0. The minimum Gasteiger partial charge on any atom is -0.319 e. The van der Waals surface area contributed by atoms with Gasteiger partial charge in [-0.25, -0.2) is 4.68 Å². The number of nitrogens with zero attached hydrogens (tertiary/aromatic N) is 4. The maximum absolute atomic E-state index is 5.29. The molecule has 176 valence electrons. The van der Waals surface area contributed by atoms with Crippen molar-refractivity contribution in [1.82, 2.24) is 19.3 Å². The molecule has 0 fully saturated rings. The third-order valence-electron chi connectivity index (χ3n) is 4.50. The minimum atomic E-state index is 0.490. The minimum absolute atomic E-state index is 0.490. The first-order valence-corrected chi connectivity index (χ1v) is 11.2. The van der Waals surface area contributed by atoms with E-state index >= 15 is 0 Å². The Morgan fingerprint density at radius 3 is 1.84 bits per heavy atom. The van der Waals surface area contributed by atoms with Crippen molar-refractivity contribution in [3.05, 3.63) is 154 Å². The summed E-state index contributed by atoms with van der Waals surface area (Å²) in [5.41, 5.74) is 30.6. The van der Waals surface area contributed by atoms with Gasteiger partial charge in [0.25, 0.3) is 0 Å². The van der Waals surface area contributed by atoms with E-state index in [0.29, 0.717) is 4.77 Å². The van der Waals surface area contributed by atoms with Gasteiger partial charge in [0.2, 0.25) is 4.77 Å². The Hall–Kier alpha value is -5.47. The number of hydrogen-bond acceptors (Lipinski definition) is 3. The van der Waals surface area contributed by atoms with Gasteiger partial charge in [-0.3, -0.25) is 0 Å². The molecule has 0 aliphatic carbocycles. The van der Waals surface area contributed by atoms with Crippen molar-refractivity contribution in [1.29, 1.82) is 0 Å². The van der Waals surface area contributed by atoms with Crippen LogP contribution < -0.4 is 0 Å². The number of aromatic nitrogens is 4. The van der Waals surface area contributed by atoms with Crippen LogP contribution in [-0.4, -0.2) is 19.3 Å². The van der Waals surface area contributed by atoms with Gasteiger partial charge in [0.15, 0.2) is 5.65 Å². The Labute approximate surface area is 221 Å². The molecular formula is C32H22N4S. The molecule has 37 heavy (non-hydrogen) atoms. The van der Waals surface area contributed by atoms with Gasteiger partial charge in [0.1, 0.15) is 5.52 Å². The fourth-order valence-electron chi connectivity index (χ4n) is 3.04. The largest absolute Gasteiger partial charge is 0.319 e. The van der Waals surface area contributed by atoms with Crippen LogP contribution in [0.5, 0.6) is 0 Å². The van der Waals surface area contributed by atoms with Crippen LogP contribution in [0, 0.1) is 4.77 Å². The normalized spacial score (nSPS) is 8.14. The van der Waals surface area contributed by atoms with Gasteiger partial charge in [0, 0.05) is 19.0 Å². The van der Waals surface area contributed by atoms with Gasteiger partial charge in [0.05, 0.1) is 5.52 Å². The van der Waals surface area contributed by atoms with E-state index in [2.05, 4.69) is 128 Å². The molecule has 5 heteroatoms. The number of aryl methyl sites for hydroxylation is 1. The molecule has 4 rings (SSSR count). The van der Waals surface area contributed by atoms with Crippen molar-refractivity contribution in [2.24, 2.45) is 7.05 Å². The van der Waals surface area contributed by atoms with Crippen LogP contribution in [0.3, 0.4) is 0 Å². The zero-order chi connectivity index (χ0) is 26.9. The predicted octanol–water partition coefficient (Wildman–Crippen LogP) is 7.01. The molecule has 0 aliphatic heterocycles. The molecule has 2 heterocycles. The van der Waals surface area contributed by atoms with Crippen molar-refractivity contribution in [2.45, 2.75) is 6.54 Å².